The molecule has 1 fully saturated rings. The molecular formula is C23H24N6O3. The van der Waals surface area contributed by atoms with Crippen molar-refractivity contribution in [3.8, 4) is 28.7 Å². The van der Waals surface area contributed by atoms with Crippen LogP contribution >= 0.6 is 0 Å². The summed E-state index contributed by atoms with van der Waals surface area (Å²) in [6.07, 6.45) is 3.43. The first-order chi connectivity index (χ1) is 15.7. The molecule has 164 valence electrons. The fourth-order valence-electron chi connectivity index (χ4n) is 3.97. The van der Waals surface area contributed by atoms with Gasteiger partial charge in [0, 0.05) is 30.1 Å². The van der Waals surface area contributed by atoms with Gasteiger partial charge < -0.3 is 24.5 Å². The zero-order valence-corrected chi connectivity index (χ0v) is 17.9. The monoisotopic (exact) mass is 432 g/mol. The highest BCUT2D eigenvalue weighted by Crippen LogP contribution is 2.31. The number of methoxy groups -OCH3 is 1. The maximum absolute atomic E-state index is 9.69. The second kappa shape index (κ2) is 8.52. The molecule has 4 aromatic rings. The Balaban J connectivity index is 1.66. The summed E-state index contributed by atoms with van der Waals surface area (Å²) in [5.41, 5.74) is 2.91. The molecule has 0 aliphatic carbocycles. The number of hydrogen-bond donors (Lipinski definition) is 2. The molecule has 0 bridgehead atoms. The van der Waals surface area contributed by atoms with Gasteiger partial charge in [-0.1, -0.05) is 0 Å². The van der Waals surface area contributed by atoms with E-state index in [9.17, 15) is 5.11 Å². The zero-order chi connectivity index (χ0) is 22.1. The van der Waals surface area contributed by atoms with Gasteiger partial charge in [-0.3, -0.25) is 0 Å². The summed E-state index contributed by atoms with van der Waals surface area (Å²) in [4.78, 5) is 24.1. The molecule has 1 aliphatic rings. The third kappa shape index (κ3) is 3.65. The van der Waals surface area contributed by atoms with Crippen molar-refractivity contribution in [2.75, 3.05) is 31.8 Å². The van der Waals surface area contributed by atoms with Crippen molar-refractivity contribution in [1.29, 1.82) is 0 Å². The molecule has 0 spiro atoms. The van der Waals surface area contributed by atoms with Gasteiger partial charge in [0.25, 0.3) is 0 Å². The molecular weight excluding hydrogens is 408 g/mol. The van der Waals surface area contributed by atoms with Gasteiger partial charge in [-0.15, -0.1) is 0 Å². The van der Waals surface area contributed by atoms with Crippen molar-refractivity contribution in [3.63, 3.8) is 0 Å². The van der Waals surface area contributed by atoms with Crippen LogP contribution in [0.5, 0.6) is 5.75 Å². The van der Waals surface area contributed by atoms with Gasteiger partial charge in [0.2, 0.25) is 0 Å². The summed E-state index contributed by atoms with van der Waals surface area (Å²) < 4.78 is 10.9. The lowest BCUT2D eigenvalue weighted by Gasteiger charge is -2.34. The molecule has 3 aromatic heterocycles. The fourth-order valence-corrected chi connectivity index (χ4v) is 3.97. The van der Waals surface area contributed by atoms with E-state index < -0.39 is 0 Å². The van der Waals surface area contributed by atoms with Crippen LogP contribution < -0.4 is 9.64 Å². The Labute approximate surface area is 185 Å². The van der Waals surface area contributed by atoms with E-state index in [0.717, 1.165) is 29.0 Å². The second-order valence-electron chi connectivity index (χ2n) is 7.68. The van der Waals surface area contributed by atoms with Crippen molar-refractivity contribution >= 4 is 16.9 Å². The maximum Gasteiger partial charge on any atom is 0.199 e. The van der Waals surface area contributed by atoms with E-state index in [1.165, 1.54) is 0 Å². The minimum Gasteiger partial charge on any atom is -0.496 e. The predicted octanol–water partition coefficient (Wildman–Crippen LogP) is 2.81. The first-order valence-electron chi connectivity index (χ1n) is 10.5. The summed E-state index contributed by atoms with van der Waals surface area (Å²) in [7, 11) is 1.59. The number of pyridine rings is 1. The molecule has 9 heteroatoms. The van der Waals surface area contributed by atoms with Crippen molar-refractivity contribution in [3.05, 3.63) is 48.3 Å². The first-order valence-corrected chi connectivity index (χ1v) is 10.5. The molecule has 0 saturated carbocycles. The van der Waals surface area contributed by atoms with Crippen molar-refractivity contribution in [1.82, 2.24) is 24.9 Å². The number of nitrogens with zero attached hydrogens (tertiary/aromatic N) is 5. The van der Waals surface area contributed by atoms with Gasteiger partial charge in [-0.2, -0.15) is 0 Å². The summed E-state index contributed by atoms with van der Waals surface area (Å²) in [6.45, 7) is 4.03. The molecule has 32 heavy (non-hydrogen) atoms. The van der Waals surface area contributed by atoms with Gasteiger partial charge in [0.1, 0.15) is 11.6 Å². The molecule has 0 amide bonds. The average Bonchev–Trinajstić information content (AvgIpc) is 3.38. The van der Waals surface area contributed by atoms with Gasteiger partial charge in [0.15, 0.2) is 17.3 Å². The Morgan fingerprint density at radius 1 is 1.22 bits per heavy atom. The number of nitrogens with one attached hydrogen (secondary N) is 1. The van der Waals surface area contributed by atoms with Crippen molar-refractivity contribution in [2.45, 2.75) is 19.6 Å². The predicted molar refractivity (Wildman–Crippen MR) is 120 cm³/mol. The number of benzene rings is 1. The largest absolute Gasteiger partial charge is 0.496 e. The van der Waals surface area contributed by atoms with E-state index in [1.807, 2.05) is 30.3 Å². The Morgan fingerprint density at radius 2 is 2.12 bits per heavy atom. The third-order valence-corrected chi connectivity index (χ3v) is 5.64. The number of rotatable bonds is 5. The van der Waals surface area contributed by atoms with Crippen LogP contribution in [-0.2, 0) is 11.3 Å². The standard InChI is InChI=1S/C23H24N6O3/c1-14-13-32-10-9-29(14)23-17-4-5-18(15-3-6-19(31-2)16(11-15)12-30)26-20(17)27-22(28-23)21-24-7-8-25-21/h3-8,11,14,30H,9-10,12-13H2,1-2H3,(H,24,25)/t14-/m0/s1. The Bertz CT molecular complexity index is 1240. The van der Waals surface area contributed by atoms with E-state index in [1.54, 1.807) is 19.5 Å². The van der Waals surface area contributed by atoms with Crippen LogP contribution in [0.25, 0.3) is 33.9 Å². The number of hydrogen-bond acceptors (Lipinski definition) is 8. The molecule has 5 rings (SSSR count). The number of aliphatic hydroxyl groups excluding tert-OH is 1. The van der Waals surface area contributed by atoms with Crippen LogP contribution in [0, 0.1) is 0 Å². The second-order valence-corrected chi connectivity index (χ2v) is 7.68. The van der Waals surface area contributed by atoms with Crippen molar-refractivity contribution < 1.29 is 14.6 Å². The Kier molecular flexibility index (Phi) is 5.42. The molecule has 2 N–H and O–H groups in total. The van der Waals surface area contributed by atoms with Crippen LogP contribution in [0.15, 0.2) is 42.7 Å². The van der Waals surface area contributed by atoms with Gasteiger partial charge in [-0.05, 0) is 37.3 Å². The molecule has 1 aromatic carbocycles. The number of ether oxygens (including phenoxy) is 2. The third-order valence-electron chi connectivity index (χ3n) is 5.64. The molecule has 1 atom stereocenters. The highest BCUT2D eigenvalue weighted by molar-refractivity contribution is 5.90. The van der Waals surface area contributed by atoms with Crippen LogP contribution in [0.3, 0.4) is 0 Å². The molecule has 9 nitrogen and oxygen atoms in total. The number of aromatic nitrogens is 5. The number of imidazole rings is 1. The number of anilines is 1. The van der Waals surface area contributed by atoms with Crippen LogP contribution in [0.2, 0.25) is 0 Å². The van der Waals surface area contributed by atoms with Crippen LogP contribution in [-0.4, -0.2) is 62.9 Å². The molecule has 0 unspecified atom stereocenters. The van der Waals surface area contributed by atoms with Crippen molar-refractivity contribution in [2.24, 2.45) is 0 Å². The van der Waals surface area contributed by atoms with Gasteiger partial charge in [-0.25, -0.2) is 19.9 Å². The average molecular weight is 432 g/mol. The Hall–Kier alpha value is -3.56. The SMILES string of the molecule is COc1ccc(-c2ccc3c(N4CCOC[C@@H]4C)nc(-c4ncc[nH]4)nc3n2)cc1CO. The van der Waals surface area contributed by atoms with E-state index in [4.69, 9.17) is 24.4 Å². The number of fused-ring (bicyclic) bond motifs is 1. The topological polar surface area (TPSA) is 109 Å². The highest BCUT2D eigenvalue weighted by atomic mass is 16.5. The van der Waals surface area contributed by atoms with E-state index >= 15 is 0 Å². The normalized spacial score (nSPS) is 16.5. The number of morpholine rings is 1. The van der Waals surface area contributed by atoms with Crippen LogP contribution in [0.4, 0.5) is 5.82 Å². The van der Waals surface area contributed by atoms with Crippen LogP contribution in [0.1, 0.15) is 12.5 Å². The summed E-state index contributed by atoms with van der Waals surface area (Å²) >= 11 is 0. The summed E-state index contributed by atoms with van der Waals surface area (Å²) in [6, 6.07) is 9.78. The fraction of sp³-hybridized carbons (Fsp3) is 0.304. The molecule has 1 aliphatic heterocycles. The smallest absolute Gasteiger partial charge is 0.199 e. The number of H-pyrrole nitrogens is 1. The van der Waals surface area contributed by atoms with E-state index in [-0.39, 0.29) is 12.6 Å². The molecule has 4 heterocycles. The summed E-state index contributed by atoms with van der Waals surface area (Å²) in [5, 5.41) is 10.6. The number of aliphatic hydroxyl groups is 1. The minimum atomic E-state index is -0.117. The maximum atomic E-state index is 9.69. The lowest BCUT2D eigenvalue weighted by molar-refractivity contribution is 0.0987. The van der Waals surface area contributed by atoms with Gasteiger partial charge >= 0.3 is 0 Å². The minimum absolute atomic E-state index is 0.117. The number of aromatic amines is 1. The Morgan fingerprint density at radius 3 is 2.88 bits per heavy atom. The first kappa shape index (κ1) is 20.3. The summed E-state index contributed by atoms with van der Waals surface area (Å²) in [5.74, 6) is 2.55. The van der Waals surface area contributed by atoms with Gasteiger partial charge in [0.05, 0.1) is 44.1 Å². The zero-order valence-electron chi connectivity index (χ0n) is 17.9. The van der Waals surface area contributed by atoms with E-state index in [2.05, 4.69) is 21.8 Å². The van der Waals surface area contributed by atoms with E-state index in [0.29, 0.717) is 41.8 Å². The lowest BCUT2D eigenvalue weighted by Crippen LogP contribution is -2.44. The molecule has 1 saturated heterocycles. The lowest BCUT2D eigenvalue weighted by atomic mass is 10.1. The highest BCUT2D eigenvalue weighted by Gasteiger charge is 2.24. The molecule has 0 radical (unpaired) electrons. The quantitative estimate of drug-likeness (QED) is 0.496.